The second kappa shape index (κ2) is 8.65. The highest BCUT2D eigenvalue weighted by Crippen LogP contribution is 2.15. The van der Waals surface area contributed by atoms with Crippen molar-refractivity contribution in [3.63, 3.8) is 0 Å². The lowest BCUT2D eigenvalue weighted by Gasteiger charge is -2.22. The molecule has 6 nitrogen and oxygen atoms in total. The van der Waals surface area contributed by atoms with Crippen molar-refractivity contribution in [3.05, 3.63) is 59.3 Å². The molecule has 2 heterocycles. The summed E-state index contributed by atoms with van der Waals surface area (Å²) in [5, 5.41) is 9.27. The summed E-state index contributed by atoms with van der Waals surface area (Å²) in [7, 11) is 3.86. The lowest BCUT2D eigenvalue weighted by molar-refractivity contribution is 0.0760. The first-order chi connectivity index (χ1) is 13.1. The molecule has 27 heavy (non-hydrogen) atoms. The molecule has 140 valence electrons. The molecule has 0 N–H and O–H groups in total. The van der Waals surface area contributed by atoms with E-state index >= 15 is 0 Å². The van der Waals surface area contributed by atoms with Gasteiger partial charge in [0.2, 0.25) is 0 Å². The van der Waals surface area contributed by atoms with Crippen molar-refractivity contribution in [1.29, 1.82) is 5.26 Å². The molecule has 1 aromatic carbocycles. The van der Waals surface area contributed by atoms with Crippen molar-refractivity contribution in [2.24, 2.45) is 0 Å². The molecule has 0 radical (unpaired) electrons. The van der Waals surface area contributed by atoms with Crippen LogP contribution in [0, 0.1) is 11.3 Å². The number of hydrogen-bond acceptors (Lipinski definition) is 5. The summed E-state index contributed by atoms with van der Waals surface area (Å²) in [6.45, 7) is 3.88. The third-order valence-corrected chi connectivity index (χ3v) is 4.86. The molecule has 0 bridgehead atoms. The molecular formula is C21H25N5O. The van der Waals surface area contributed by atoms with Gasteiger partial charge in [-0.25, -0.2) is 4.98 Å². The topological polar surface area (TPSA) is 63.5 Å². The summed E-state index contributed by atoms with van der Waals surface area (Å²) >= 11 is 0. The van der Waals surface area contributed by atoms with Gasteiger partial charge in [0, 0.05) is 53.0 Å². The Bertz CT molecular complexity index is 825. The molecule has 1 aliphatic heterocycles. The van der Waals surface area contributed by atoms with Crippen LogP contribution in [-0.2, 0) is 6.54 Å². The van der Waals surface area contributed by atoms with Gasteiger partial charge in [0.05, 0.1) is 17.2 Å². The molecule has 0 spiro atoms. The first-order valence-electron chi connectivity index (χ1n) is 9.21. The predicted molar refractivity (Wildman–Crippen MR) is 106 cm³/mol. The van der Waals surface area contributed by atoms with E-state index in [1.165, 1.54) is 0 Å². The zero-order chi connectivity index (χ0) is 19.2. The number of carbonyl (C=O) groups is 1. The minimum absolute atomic E-state index is 0.0343. The van der Waals surface area contributed by atoms with Crippen molar-refractivity contribution < 1.29 is 4.79 Å². The minimum atomic E-state index is 0.0343. The van der Waals surface area contributed by atoms with Crippen molar-refractivity contribution in [3.8, 4) is 6.07 Å². The van der Waals surface area contributed by atoms with Gasteiger partial charge in [0.25, 0.3) is 5.91 Å². The van der Waals surface area contributed by atoms with Gasteiger partial charge >= 0.3 is 0 Å². The molecular weight excluding hydrogens is 338 g/mol. The number of hydrogen-bond donors (Lipinski definition) is 0. The SMILES string of the molecule is CN(C)c1ccc(C(=O)N2CCCN(Cc3ccccc3C#N)CC2)cn1. The van der Waals surface area contributed by atoms with Crippen LogP contribution in [0.2, 0.25) is 0 Å². The fourth-order valence-electron chi connectivity index (χ4n) is 3.30. The van der Waals surface area contributed by atoms with Crippen molar-refractivity contribution in [2.75, 3.05) is 45.2 Å². The van der Waals surface area contributed by atoms with Crippen LogP contribution in [0.15, 0.2) is 42.6 Å². The van der Waals surface area contributed by atoms with Gasteiger partial charge in [-0.2, -0.15) is 5.26 Å². The average Bonchev–Trinajstić information content (AvgIpc) is 2.93. The van der Waals surface area contributed by atoms with Crippen molar-refractivity contribution in [1.82, 2.24) is 14.8 Å². The first-order valence-corrected chi connectivity index (χ1v) is 9.21. The smallest absolute Gasteiger partial charge is 0.255 e. The Kier molecular flexibility index (Phi) is 6.05. The standard InChI is InChI=1S/C21H25N5O/c1-24(2)20-9-8-18(15-23-20)21(27)26-11-5-10-25(12-13-26)16-19-7-4-3-6-17(19)14-22/h3-4,6-9,15H,5,10-13,16H2,1-2H3. The third-order valence-electron chi connectivity index (χ3n) is 4.86. The van der Waals surface area contributed by atoms with Crippen LogP contribution >= 0.6 is 0 Å². The number of nitrogens with zero attached hydrogens (tertiary/aromatic N) is 5. The number of anilines is 1. The predicted octanol–water partition coefficient (Wildman–Crippen LogP) is 2.37. The molecule has 1 aromatic heterocycles. The molecule has 1 saturated heterocycles. The maximum Gasteiger partial charge on any atom is 0.255 e. The van der Waals surface area contributed by atoms with Crippen LogP contribution < -0.4 is 4.90 Å². The first kappa shape index (κ1) is 18.9. The van der Waals surface area contributed by atoms with E-state index in [0.29, 0.717) is 12.1 Å². The van der Waals surface area contributed by atoms with E-state index in [4.69, 9.17) is 0 Å². The normalized spacial score (nSPS) is 15.1. The molecule has 6 heteroatoms. The number of nitriles is 1. The molecule has 1 amide bonds. The molecule has 0 unspecified atom stereocenters. The number of carbonyl (C=O) groups excluding carboxylic acids is 1. The summed E-state index contributed by atoms with van der Waals surface area (Å²) in [5.74, 6) is 0.872. The van der Waals surface area contributed by atoms with Crippen LogP contribution in [0.1, 0.15) is 27.9 Å². The van der Waals surface area contributed by atoms with Gasteiger partial charge in [-0.15, -0.1) is 0 Å². The molecule has 0 aliphatic carbocycles. The Labute approximate surface area is 160 Å². The Morgan fingerprint density at radius 1 is 1.15 bits per heavy atom. The number of rotatable bonds is 4. The molecule has 3 rings (SSSR count). The Hall–Kier alpha value is -2.91. The highest BCUT2D eigenvalue weighted by molar-refractivity contribution is 5.94. The van der Waals surface area contributed by atoms with E-state index in [0.717, 1.165) is 49.5 Å². The average molecular weight is 363 g/mol. The fraction of sp³-hybridized carbons (Fsp3) is 0.381. The van der Waals surface area contributed by atoms with Crippen molar-refractivity contribution >= 4 is 11.7 Å². The highest BCUT2D eigenvalue weighted by Gasteiger charge is 2.21. The third kappa shape index (κ3) is 4.63. The Morgan fingerprint density at radius 3 is 2.67 bits per heavy atom. The van der Waals surface area contributed by atoms with E-state index in [-0.39, 0.29) is 5.91 Å². The minimum Gasteiger partial charge on any atom is -0.363 e. The molecule has 1 aliphatic rings. The fourth-order valence-corrected chi connectivity index (χ4v) is 3.30. The van der Waals surface area contributed by atoms with E-state index in [2.05, 4.69) is 16.0 Å². The molecule has 0 atom stereocenters. The van der Waals surface area contributed by atoms with Crippen LogP contribution in [0.25, 0.3) is 0 Å². The lowest BCUT2D eigenvalue weighted by atomic mass is 10.1. The van der Waals surface area contributed by atoms with Gasteiger partial charge < -0.3 is 9.80 Å². The summed E-state index contributed by atoms with van der Waals surface area (Å²) in [4.78, 5) is 23.3. The number of pyridine rings is 1. The quantitative estimate of drug-likeness (QED) is 0.834. The Morgan fingerprint density at radius 2 is 1.96 bits per heavy atom. The second-order valence-corrected chi connectivity index (χ2v) is 6.99. The van der Waals surface area contributed by atoms with Crippen LogP contribution in [0.3, 0.4) is 0 Å². The van der Waals surface area contributed by atoms with Crippen molar-refractivity contribution in [2.45, 2.75) is 13.0 Å². The monoisotopic (exact) mass is 363 g/mol. The van der Waals surface area contributed by atoms with E-state index < -0.39 is 0 Å². The number of benzene rings is 1. The lowest BCUT2D eigenvalue weighted by Crippen LogP contribution is -2.35. The number of aromatic nitrogens is 1. The molecule has 1 fully saturated rings. The maximum absolute atomic E-state index is 12.8. The van der Waals surface area contributed by atoms with E-state index in [1.807, 2.05) is 60.3 Å². The van der Waals surface area contributed by atoms with Crippen LogP contribution in [0.5, 0.6) is 0 Å². The van der Waals surface area contributed by atoms with Gasteiger partial charge in [-0.05, 0) is 30.2 Å². The maximum atomic E-state index is 12.8. The van der Waals surface area contributed by atoms with Gasteiger partial charge in [-0.3, -0.25) is 9.69 Å². The van der Waals surface area contributed by atoms with Crippen LogP contribution in [-0.4, -0.2) is 61.0 Å². The molecule has 2 aromatic rings. The zero-order valence-electron chi connectivity index (χ0n) is 15.9. The largest absolute Gasteiger partial charge is 0.363 e. The summed E-state index contributed by atoms with van der Waals surface area (Å²) < 4.78 is 0. The summed E-state index contributed by atoms with van der Waals surface area (Å²) in [6.07, 6.45) is 2.58. The number of amides is 1. The molecule has 0 saturated carbocycles. The van der Waals surface area contributed by atoms with E-state index in [9.17, 15) is 10.1 Å². The van der Waals surface area contributed by atoms with Crippen LogP contribution in [0.4, 0.5) is 5.82 Å². The van der Waals surface area contributed by atoms with E-state index in [1.54, 1.807) is 6.20 Å². The summed E-state index contributed by atoms with van der Waals surface area (Å²) in [5.41, 5.74) is 2.40. The van der Waals surface area contributed by atoms with Gasteiger partial charge in [-0.1, -0.05) is 18.2 Å². The second-order valence-electron chi connectivity index (χ2n) is 6.99. The van der Waals surface area contributed by atoms with Gasteiger partial charge in [0.1, 0.15) is 5.82 Å². The summed E-state index contributed by atoms with van der Waals surface area (Å²) in [6, 6.07) is 13.7. The highest BCUT2D eigenvalue weighted by atomic mass is 16.2. The zero-order valence-corrected chi connectivity index (χ0v) is 15.9. The van der Waals surface area contributed by atoms with Gasteiger partial charge in [0.15, 0.2) is 0 Å². The Balaban J connectivity index is 1.62.